The number of nitrogens with two attached hydrogens (primary N) is 1. The molecule has 76 valence electrons. The van der Waals surface area contributed by atoms with Crippen LogP contribution in [-0.2, 0) is 0 Å². The summed E-state index contributed by atoms with van der Waals surface area (Å²) in [5.41, 5.74) is 6.34. The highest BCUT2D eigenvalue weighted by atomic mass is 32.2. The van der Waals surface area contributed by atoms with Crippen LogP contribution in [-0.4, -0.2) is 11.6 Å². The van der Waals surface area contributed by atoms with Crippen molar-refractivity contribution in [2.24, 2.45) is 5.73 Å². The molecule has 0 atom stereocenters. The molecular weight excluding hydrogens is 192 g/mol. The Bertz CT molecular complexity index is 310. The number of thioether (sulfide) groups is 1. The fourth-order valence-corrected chi connectivity index (χ4v) is 2.30. The fourth-order valence-electron chi connectivity index (χ4n) is 1.14. The maximum absolute atomic E-state index is 7.42. The van der Waals surface area contributed by atoms with E-state index in [4.69, 9.17) is 11.1 Å². The van der Waals surface area contributed by atoms with Crippen LogP contribution in [0.3, 0.4) is 0 Å². The molecule has 0 heterocycles. The van der Waals surface area contributed by atoms with Crippen LogP contribution in [0.1, 0.15) is 25.3 Å². The van der Waals surface area contributed by atoms with Gasteiger partial charge in [-0.2, -0.15) is 0 Å². The Morgan fingerprint density at radius 1 is 1.43 bits per heavy atom. The molecule has 0 unspecified atom stereocenters. The van der Waals surface area contributed by atoms with E-state index in [-0.39, 0.29) is 5.84 Å². The Balaban J connectivity index is 2.69. The largest absolute Gasteiger partial charge is 0.384 e. The number of amidine groups is 1. The van der Waals surface area contributed by atoms with Gasteiger partial charge in [0, 0.05) is 10.5 Å². The van der Waals surface area contributed by atoms with Gasteiger partial charge in [0.1, 0.15) is 5.84 Å². The van der Waals surface area contributed by atoms with E-state index in [0.29, 0.717) is 0 Å². The van der Waals surface area contributed by atoms with E-state index < -0.39 is 0 Å². The molecule has 3 N–H and O–H groups in total. The van der Waals surface area contributed by atoms with Crippen molar-refractivity contribution in [3.05, 3.63) is 29.8 Å². The first-order valence-corrected chi connectivity index (χ1v) is 5.80. The fraction of sp³-hybridized carbons (Fsp3) is 0.364. The zero-order chi connectivity index (χ0) is 10.4. The molecule has 0 saturated heterocycles. The van der Waals surface area contributed by atoms with Gasteiger partial charge in [0.15, 0.2) is 0 Å². The maximum Gasteiger partial charge on any atom is 0.123 e. The van der Waals surface area contributed by atoms with Crippen molar-refractivity contribution in [2.75, 3.05) is 5.75 Å². The molecule has 0 saturated carbocycles. The highest BCUT2D eigenvalue weighted by Crippen LogP contribution is 2.23. The minimum Gasteiger partial charge on any atom is -0.384 e. The molecule has 0 aliphatic carbocycles. The van der Waals surface area contributed by atoms with Gasteiger partial charge in [-0.15, -0.1) is 11.8 Å². The van der Waals surface area contributed by atoms with Gasteiger partial charge in [-0.05, 0) is 18.2 Å². The van der Waals surface area contributed by atoms with E-state index in [1.54, 1.807) is 11.8 Å². The minimum atomic E-state index is 0.157. The molecule has 0 amide bonds. The number of unbranched alkanes of at least 4 members (excludes halogenated alkanes) is 1. The molecule has 0 bridgehead atoms. The predicted octanol–water partition coefficient (Wildman–Crippen LogP) is 2.86. The first kappa shape index (κ1) is 11.1. The predicted molar refractivity (Wildman–Crippen MR) is 63.1 cm³/mol. The van der Waals surface area contributed by atoms with E-state index in [9.17, 15) is 0 Å². The smallest absolute Gasteiger partial charge is 0.123 e. The average Bonchev–Trinajstić information content (AvgIpc) is 2.19. The summed E-state index contributed by atoms with van der Waals surface area (Å²) in [5.74, 6) is 1.26. The lowest BCUT2D eigenvalue weighted by Crippen LogP contribution is -2.12. The third-order valence-corrected chi connectivity index (χ3v) is 3.09. The Kier molecular flexibility index (Phi) is 4.53. The molecule has 3 heteroatoms. The number of rotatable bonds is 5. The summed E-state index contributed by atoms with van der Waals surface area (Å²) in [4.78, 5) is 1.12. The van der Waals surface area contributed by atoms with Gasteiger partial charge in [0.2, 0.25) is 0 Å². The minimum absolute atomic E-state index is 0.157. The van der Waals surface area contributed by atoms with E-state index in [1.165, 1.54) is 12.8 Å². The van der Waals surface area contributed by atoms with Crippen LogP contribution in [0.5, 0.6) is 0 Å². The lowest BCUT2D eigenvalue weighted by atomic mass is 10.2. The molecule has 2 nitrogen and oxygen atoms in total. The number of hydrogen-bond acceptors (Lipinski definition) is 2. The van der Waals surface area contributed by atoms with Crippen LogP contribution in [0, 0.1) is 5.41 Å². The van der Waals surface area contributed by atoms with E-state index in [1.807, 2.05) is 24.3 Å². The number of benzene rings is 1. The van der Waals surface area contributed by atoms with Crippen LogP contribution < -0.4 is 5.73 Å². The monoisotopic (exact) mass is 208 g/mol. The Hall–Kier alpha value is -0.960. The highest BCUT2D eigenvalue weighted by molar-refractivity contribution is 7.99. The van der Waals surface area contributed by atoms with Gasteiger partial charge >= 0.3 is 0 Å². The molecule has 1 aromatic carbocycles. The maximum atomic E-state index is 7.42. The Labute approximate surface area is 89.4 Å². The van der Waals surface area contributed by atoms with Gasteiger partial charge in [0.05, 0.1) is 0 Å². The van der Waals surface area contributed by atoms with Gasteiger partial charge in [0.25, 0.3) is 0 Å². The van der Waals surface area contributed by atoms with E-state index in [0.717, 1.165) is 16.2 Å². The van der Waals surface area contributed by atoms with Crippen molar-refractivity contribution in [3.63, 3.8) is 0 Å². The second-order valence-electron chi connectivity index (χ2n) is 3.11. The molecule has 0 aliphatic heterocycles. The van der Waals surface area contributed by atoms with Crippen LogP contribution >= 0.6 is 11.8 Å². The highest BCUT2D eigenvalue weighted by Gasteiger charge is 2.03. The quantitative estimate of drug-likeness (QED) is 0.338. The summed E-state index contributed by atoms with van der Waals surface area (Å²) in [6.07, 6.45) is 2.41. The van der Waals surface area contributed by atoms with Crippen molar-refractivity contribution in [1.29, 1.82) is 5.41 Å². The molecule has 1 rings (SSSR count). The van der Waals surface area contributed by atoms with Crippen LogP contribution in [0.2, 0.25) is 0 Å². The lowest BCUT2D eigenvalue weighted by Gasteiger charge is -2.06. The van der Waals surface area contributed by atoms with Gasteiger partial charge in [-0.3, -0.25) is 5.41 Å². The first-order valence-electron chi connectivity index (χ1n) is 4.82. The molecule has 14 heavy (non-hydrogen) atoms. The SMILES string of the molecule is CCCCSc1ccccc1C(=N)N. The molecular formula is C11H16N2S. The summed E-state index contributed by atoms with van der Waals surface area (Å²) in [6.45, 7) is 2.18. The zero-order valence-electron chi connectivity index (χ0n) is 8.42. The van der Waals surface area contributed by atoms with Gasteiger partial charge < -0.3 is 5.73 Å². The summed E-state index contributed by atoms with van der Waals surface area (Å²) in [7, 11) is 0. The summed E-state index contributed by atoms with van der Waals surface area (Å²) in [5, 5.41) is 7.42. The number of nitrogen functional groups attached to an aromatic ring is 1. The van der Waals surface area contributed by atoms with Gasteiger partial charge in [-0.25, -0.2) is 0 Å². The molecule has 0 aliphatic rings. The zero-order valence-corrected chi connectivity index (χ0v) is 9.23. The molecule has 0 aromatic heterocycles. The Morgan fingerprint density at radius 2 is 2.14 bits per heavy atom. The molecule has 0 spiro atoms. The third kappa shape index (κ3) is 3.07. The number of nitrogens with one attached hydrogen (secondary N) is 1. The Morgan fingerprint density at radius 3 is 2.79 bits per heavy atom. The summed E-state index contributed by atoms with van der Waals surface area (Å²) < 4.78 is 0. The van der Waals surface area contributed by atoms with Crippen LogP contribution in [0.15, 0.2) is 29.2 Å². The third-order valence-electron chi connectivity index (χ3n) is 1.93. The molecule has 0 radical (unpaired) electrons. The second kappa shape index (κ2) is 5.70. The normalized spacial score (nSPS) is 10.1. The van der Waals surface area contributed by atoms with E-state index >= 15 is 0 Å². The molecule has 0 fully saturated rings. The van der Waals surface area contributed by atoms with Crippen LogP contribution in [0.25, 0.3) is 0 Å². The second-order valence-corrected chi connectivity index (χ2v) is 4.25. The first-order chi connectivity index (χ1) is 6.75. The van der Waals surface area contributed by atoms with Crippen molar-refractivity contribution in [2.45, 2.75) is 24.7 Å². The van der Waals surface area contributed by atoms with Crippen molar-refractivity contribution in [3.8, 4) is 0 Å². The molecule has 1 aromatic rings. The van der Waals surface area contributed by atoms with Crippen molar-refractivity contribution in [1.82, 2.24) is 0 Å². The lowest BCUT2D eigenvalue weighted by molar-refractivity contribution is 0.896. The average molecular weight is 208 g/mol. The van der Waals surface area contributed by atoms with Crippen LogP contribution in [0.4, 0.5) is 0 Å². The van der Waals surface area contributed by atoms with E-state index in [2.05, 4.69) is 6.92 Å². The standard InChI is InChI=1S/C11H16N2S/c1-2-3-8-14-10-7-5-4-6-9(10)11(12)13/h4-7H,2-3,8H2,1H3,(H3,12,13). The number of hydrogen-bond donors (Lipinski definition) is 2. The van der Waals surface area contributed by atoms with Gasteiger partial charge in [-0.1, -0.05) is 31.5 Å². The summed E-state index contributed by atoms with van der Waals surface area (Å²) >= 11 is 1.78. The van der Waals surface area contributed by atoms with Crippen molar-refractivity contribution >= 4 is 17.6 Å². The topological polar surface area (TPSA) is 49.9 Å². The van der Waals surface area contributed by atoms with Crippen molar-refractivity contribution < 1.29 is 0 Å². The summed E-state index contributed by atoms with van der Waals surface area (Å²) in [6, 6.07) is 7.83.